The van der Waals surface area contributed by atoms with Crippen LogP contribution in [0, 0.1) is 0 Å². The van der Waals surface area contributed by atoms with Gasteiger partial charge in [-0.3, -0.25) is 9.59 Å². The largest absolute Gasteiger partial charge is 0.462 e. The number of ether oxygens (including phenoxy) is 3. The van der Waals surface area contributed by atoms with E-state index in [2.05, 4.69) is 106 Å². The summed E-state index contributed by atoms with van der Waals surface area (Å²) in [5, 5.41) is 0. The average Bonchev–Trinajstić information content (AvgIpc) is 3.20. The molecular formula is C51H86O5. The molecule has 0 amide bonds. The van der Waals surface area contributed by atoms with Gasteiger partial charge in [-0.05, 0) is 83.5 Å². The number of hydrogen-bond donors (Lipinski definition) is 0. The van der Waals surface area contributed by atoms with E-state index in [4.69, 9.17) is 14.2 Å². The molecule has 0 heterocycles. The first-order valence-corrected chi connectivity index (χ1v) is 23.1. The van der Waals surface area contributed by atoms with Crippen molar-refractivity contribution in [2.75, 3.05) is 19.8 Å². The summed E-state index contributed by atoms with van der Waals surface area (Å²) >= 11 is 0. The van der Waals surface area contributed by atoms with Crippen molar-refractivity contribution in [1.82, 2.24) is 0 Å². The summed E-state index contributed by atoms with van der Waals surface area (Å²) in [4.78, 5) is 25.2. The first kappa shape index (κ1) is 53.1. The van der Waals surface area contributed by atoms with Gasteiger partial charge >= 0.3 is 11.9 Å². The number of unbranched alkanes of at least 4 members (excludes halogenated alkanes) is 16. The van der Waals surface area contributed by atoms with Gasteiger partial charge in [-0.2, -0.15) is 0 Å². The van der Waals surface area contributed by atoms with Crippen LogP contribution in [0.5, 0.6) is 0 Å². The molecule has 5 nitrogen and oxygen atoms in total. The molecule has 320 valence electrons. The summed E-state index contributed by atoms with van der Waals surface area (Å²) in [6.45, 7) is 7.50. The zero-order chi connectivity index (χ0) is 40.7. The quantitative estimate of drug-likeness (QED) is 0.0351. The van der Waals surface area contributed by atoms with Gasteiger partial charge in [0.15, 0.2) is 6.10 Å². The summed E-state index contributed by atoms with van der Waals surface area (Å²) in [6.07, 6.45) is 60.3. The van der Waals surface area contributed by atoms with Gasteiger partial charge in [0.2, 0.25) is 0 Å². The smallest absolute Gasteiger partial charge is 0.306 e. The fraction of sp³-hybridized carbons (Fsp3) is 0.686. The van der Waals surface area contributed by atoms with Crippen molar-refractivity contribution < 1.29 is 23.8 Å². The van der Waals surface area contributed by atoms with E-state index in [1.807, 2.05) is 0 Å². The highest BCUT2D eigenvalue weighted by molar-refractivity contribution is 5.70. The van der Waals surface area contributed by atoms with Gasteiger partial charge in [0.05, 0.1) is 6.61 Å². The molecule has 0 aliphatic rings. The maximum absolute atomic E-state index is 12.7. The maximum atomic E-state index is 12.7. The molecule has 1 atom stereocenters. The lowest BCUT2D eigenvalue weighted by molar-refractivity contribution is -0.163. The normalized spacial score (nSPS) is 13.0. The van der Waals surface area contributed by atoms with Gasteiger partial charge in [0, 0.05) is 19.4 Å². The van der Waals surface area contributed by atoms with Crippen molar-refractivity contribution in [3.8, 4) is 0 Å². The monoisotopic (exact) mass is 779 g/mol. The average molecular weight is 779 g/mol. The van der Waals surface area contributed by atoms with Crippen LogP contribution in [-0.4, -0.2) is 37.9 Å². The van der Waals surface area contributed by atoms with Crippen LogP contribution in [0.15, 0.2) is 85.1 Å². The topological polar surface area (TPSA) is 61.8 Å². The molecule has 0 radical (unpaired) electrons. The fourth-order valence-corrected chi connectivity index (χ4v) is 5.98. The van der Waals surface area contributed by atoms with E-state index in [-0.39, 0.29) is 25.2 Å². The summed E-state index contributed by atoms with van der Waals surface area (Å²) in [6, 6.07) is 0. The summed E-state index contributed by atoms with van der Waals surface area (Å²) in [7, 11) is 0. The van der Waals surface area contributed by atoms with Crippen LogP contribution in [0.25, 0.3) is 0 Å². The van der Waals surface area contributed by atoms with Crippen molar-refractivity contribution in [1.29, 1.82) is 0 Å². The van der Waals surface area contributed by atoms with Crippen LogP contribution in [0.2, 0.25) is 0 Å². The lowest BCUT2D eigenvalue weighted by Crippen LogP contribution is -2.30. The van der Waals surface area contributed by atoms with Crippen molar-refractivity contribution in [3.63, 3.8) is 0 Å². The second-order valence-corrected chi connectivity index (χ2v) is 14.9. The summed E-state index contributed by atoms with van der Waals surface area (Å²) < 4.78 is 17.2. The van der Waals surface area contributed by atoms with Gasteiger partial charge < -0.3 is 14.2 Å². The molecule has 0 N–H and O–H groups in total. The summed E-state index contributed by atoms with van der Waals surface area (Å²) in [5.74, 6) is -0.447. The second-order valence-electron chi connectivity index (χ2n) is 14.9. The van der Waals surface area contributed by atoms with E-state index >= 15 is 0 Å². The predicted molar refractivity (Wildman–Crippen MR) is 242 cm³/mol. The van der Waals surface area contributed by atoms with Gasteiger partial charge in [-0.25, -0.2) is 0 Å². The minimum atomic E-state index is -0.568. The number of hydrogen-bond acceptors (Lipinski definition) is 5. The molecule has 0 aromatic rings. The number of esters is 2. The van der Waals surface area contributed by atoms with Gasteiger partial charge in [0.25, 0.3) is 0 Å². The Morgan fingerprint density at radius 2 is 0.821 bits per heavy atom. The lowest BCUT2D eigenvalue weighted by atomic mass is 10.1. The third-order valence-electron chi connectivity index (χ3n) is 9.42. The highest BCUT2D eigenvalue weighted by Gasteiger charge is 2.17. The molecule has 0 aliphatic heterocycles. The van der Waals surface area contributed by atoms with Gasteiger partial charge in [-0.1, -0.05) is 189 Å². The third-order valence-corrected chi connectivity index (χ3v) is 9.42. The van der Waals surface area contributed by atoms with E-state index in [9.17, 15) is 9.59 Å². The Bertz CT molecular complexity index is 1060. The van der Waals surface area contributed by atoms with Crippen LogP contribution in [0.3, 0.4) is 0 Å². The lowest BCUT2D eigenvalue weighted by Gasteiger charge is -2.18. The zero-order valence-electron chi connectivity index (χ0n) is 36.6. The Morgan fingerprint density at radius 3 is 1.36 bits per heavy atom. The predicted octanol–water partition coefficient (Wildman–Crippen LogP) is 15.3. The molecule has 0 saturated carbocycles. The molecule has 0 bridgehead atoms. The Morgan fingerprint density at radius 1 is 0.411 bits per heavy atom. The Labute approximate surface area is 346 Å². The van der Waals surface area contributed by atoms with Crippen LogP contribution in [0.4, 0.5) is 0 Å². The van der Waals surface area contributed by atoms with Crippen molar-refractivity contribution in [2.24, 2.45) is 0 Å². The molecule has 0 fully saturated rings. The molecule has 5 heteroatoms. The van der Waals surface area contributed by atoms with E-state index in [0.29, 0.717) is 19.4 Å². The molecule has 0 rings (SSSR count). The van der Waals surface area contributed by atoms with E-state index in [1.54, 1.807) is 0 Å². The van der Waals surface area contributed by atoms with Crippen molar-refractivity contribution in [2.45, 2.75) is 207 Å². The van der Waals surface area contributed by atoms with Crippen LogP contribution in [-0.2, 0) is 23.8 Å². The van der Waals surface area contributed by atoms with E-state index < -0.39 is 6.10 Å². The highest BCUT2D eigenvalue weighted by atomic mass is 16.6. The molecular weight excluding hydrogens is 693 g/mol. The van der Waals surface area contributed by atoms with Crippen LogP contribution in [0.1, 0.15) is 201 Å². The van der Waals surface area contributed by atoms with Crippen molar-refractivity contribution in [3.05, 3.63) is 85.1 Å². The maximum Gasteiger partial charge on any atom is 0.306 e. The Balaban J connectivity index is 4.33. The SMILES string of the molecule is CC/C=C\C/C=C\C/C=C\C/C=C\C/C=C\C/C=C\CCCOCC(COC(=O)CCCCCCC/C=C\CCCC)OC(=O)CCCCCCCCCCC. The van der Waals surface area contributed by atoms with Gasteiger partial charge in [0.1, 0.15) is 6.61 Å². The van der Waals surface area contributed by atoms with Crippen molar-refractivity contribution >= 4 is 11.9 Å². The van der Waals surface area contributed by atoms with E-state index in [1.165, 1.54) is 70.6 Å². The number of carbonyl (C=O) groups is 2. The molecule has 0 spiro atoms. The number of allylic oxidation sites excluding steroid dienone is 14. The highest BCUT2D eigenvalue weighted by Crippen LogP contribution is 2.13. The Kier molecular flexibility index (Phi) is 44.0. The first-order chi connectivity index (χ1) is 27.6. The third kappa shape index (κ3) is 43.8. The molecule has 56 heavy (non-hydrogen) atoms. The number of carbonyl (C=O) groups excluding carboxylic acids is 2. The zero-order valence-corrected chi connectivity index (χ0v) is 36.6. The second kappa shape index (κ2) is 46.5. The van der Waals surface area contributed by atoms with E-state index in [0.717, 1.165) is 96.3 Å². The standard InChI is InChI=1S/C51H86O5/c1-4-7-10-13-16-19-21-22-23-24-25-26-27-28-29-31-34-37-40-43-46-54-47-49(56-51(53)45-42-39-36-32-18-15-12-9-6-3)48-55-50(52)44-41-38-35-33-30-20-17-14-11-8-5-2/h7,10,14,16-17,19,22-23,25-26,28-29,34,37,49H,4-6,8-9,11-13,15,18,20-21,24,27,30-33,35-36,38-48H2,1-3H3/b10-7-,17-14-,19-16-,23-22-,26-25-,29-28-,37-34-. The molecule has 1 unspecified atom stereocenters. The minimum Gasteiger partial charge on any atom is -0.462 e. The van der Waals surface area contributed by atoms with Gasteiger partial charge in [-0.15, -0.1) is 0 Å². The van der Waals surface area contributed by atoms with Crippen LogP contribution >= 0.6 is 0 Å². The van der Waals surface area contributed by atoms with Crippen LogP contribution < -0.4 is 0 Å². The summed E-state index contributed by atoms with van der Waals surface area (Å²) in [5.41, 5.74) is 0. The Hall–Kier alpha value is -2.92. The molecule has 0 aliphatic carbocycles. The number of rotatable bonds is 41. The molecule has 0 saturated heterocycles. The fourth-order valence-electron chi connectivity index (χ4n) is 5.98. The molecule has 0 aromatic heterocycles. The first-order valence-electron chi connectivity index (χ1n) is 23.1. The minimum absolute atomic E-state index is 0.0554. The molecule has 0 aromatic carbocycles.